The van der Waals surface area contributed by atoms with Crippen LogP contribution < -0.4 is 0 Å². The quantitative estimate of drug-likeness (QED) is 0.299. The maximum absolute atomic E-state index is 12.7. The summed E-state index contributed by atoms with van der Waals surface area (Å²) in [5, 5.41) is 8.98. The molecule has 1 heterocycles. The second-order valence-electron chi connectivity index (χ2n) is 6.34. The Balaban J connectivity index is 0.00000320. The first-order chi connectivity index (χ1) is 14.1. The zero-order valence-electron chi connectivity index (χ0n) is 15.9. The van der Waals surface area contributed by atoms with Crippen LogP contribution in [-0.2, 0) is 20.7 Å². The third-order valence-electron chi connectivity index (χ3n) is 4.17. The summed E-state index contributed by atoms with van der Waals surface area (Å²) in [5.74, 6) is -0.569. The molecule has 1 N–H and O–H groups in total. The second-order valence-corrected chi connectivity index (χ2v) is 7.86. The molecule has 6 nitrogen and oxygen atoms in total. The molecule has 0 fully saturated rings. The predicted molar refractivity (Wildman–Crippen MR) is 119 cm³/mol. The number of carboxylic acids is 1. The van der Waals surface area contributed by atoms with Crippen molar-refractivity contribution in [2.75, 3.05) is 19.0 Å². The fourth-order valence-corrected chi connectivity index (χ4v) is 3.83. The molecule has 152 valence electrons. The summed E-state index contributed by atoms with van der Waals surface area (Å²) in [4.78, 5) is 19.7. The van der Waals surface area contributed by atoms with Gasteiger partial charge in [0.2, 0.25) is 0 Å². The van der Waals surface area contributed by atoms with Gasteiger partial charge in [0.05, 0.1) is 5.69 Å². The molecule has 30 heavy (non-hydrogen) atoms. The van der Waals surface area contributed by atoms with Crippen LogP contribution in [0.25, 0.3) is 22.5 Å². The van der Waals surface area contributed by atoms with Crippen LogP contribution in [0.3, 0.4) is 0 Å². The Morgan fingerprint density at radius 3 is 2.17 bits per heavy atom. The normalized spacial score (nSPS) is 11.5. The van der Waals surface area contributed by atoms with E-state index in [9.17, 15) is 9.35 Å². The molecule has 0 aliphatic carbocycles. The zero-order valence-corrected chi connectivity index (χ0v) is 16.7. The van der Waals surface area contributed by atoms with Gasteiger partial charge in [-0.3, -0.25) is 0 Å². The second kappa shape index (κ2) is 12.8. The number of ether oxygens (including phenoxy) is 1. The van der Waals surface area contributed by atoms with Crippen LogP contribution in [0, 0.1) is 0 Å². The number of carboxylic acid groups (broad SMARTS) is 1. The third-order valence-corrected chi connectivity index (χ3v) is 5.49. The fourth-order valence-electron chi connectivity index (χ4n) is 2.79. The van der Waals surface area contributed by atoms with Gasteiger partial charge in [-0.05, 0) is 12.8 Å². The van der Waals surface area contributed by atoms with E-state index in [4.69, 9.17) is 9.84 Å². The standard InChI is InChI=1S/C22H22N2O4S.Na.H/c25-20(26)16-28-13-7-8-14-29(27)19-15-23-21(17-9-3-1-4-10-17)22(24-19)18-11-5-2-6-12-18;;/h1-6,9-12,15H,7-8,13-14,16H2,(H,25,26);;. The number of rotatable bonds is 10. The van der Waals surface area contributed by atoms with Gasteiger partial charge in [-0.2, -0.15) is 4.98 Å². The summed E-state index contributed by atoms with van der Waals surface area (Å²) >= 11 is -1.29. The van der Waals surface area contributed by atoms with Crippen molar-refractivity contribution in [3.8, 4) is 22.5 Å². The molecule has 0 aliphatic heterocycles. The number of nitrogens with zero attached hydrogens (tertiary/aromatic N) is 2. The van der Waals surface area contributed by atoms with Gasteiger partial charge < -0.3 is 14.4 Å². The minimum atomic E-state index is -1.29. The van der Waals surface area contributed by atoms with Crippen molar-refractivity contribution in [3.63, 3.8) is 0 Å². The van der Waals surface area contributed by atoms with Gasteiger partial charge in [0, 0.05) is 28.9 Å². The number of carbonyl (C=O) groups is 1. The summed E-state index contributed by atoms with van der Waals surface area (Å²) in [6.07, 6.45) is 2.86. The predicted octanol–water partition coefficient (Wildman–Crippen LogP) is 3.15. The summed E-state index contributed by atoms with van der Waals surface area (Å²) in [6.45, 7) is 0.0212. The van der Waals surface area contributed by atoms with Crippen molar-refractivity contribution >= 4 is 46.7 Å². The number of aromatic nitrogens is 2. The average Bonchev–Trinajstić information content (AvgIpc) is 2.76. The monoisotopic (exact) mass is 434 g/mol. The third kappa shape index (κ3) is 7.19. The molecule has 0 aliphatic rings. The first kappa shape index (κ1) is 24.5. The summed E-state index contributed by atoms with van der Waals surface area (Å²) < 4.78 is 17.7. The molecule has 3 aromatic rings. The Morgan fingerprint density at radius 1 is 0.967 bits per heavy atom. The van der Waals surface area contributed by atoms with Gasteiger partial charge in [0.1, 0.15) is 24.3 Å². The van der Waals surface area contributed by atoms with Crippen LogP contribution in [-0.4, -0.2) is 74.1 Å². The van der Waals surface area contributed by atoms with E-state index < -0.39 is 17.1 Å². The van der Waals surface area contributed by atoms with Crippen molar-refractivity contribution in [2.24, 2.45) is 0 Å². The first-order valence-electron chi connectivity index (χ1n) is 9.31. The molecule has 0 bridgehead atoms. The summed E-state index contributed by atoms with van der Waals surface area (Å²) in [5.41, 5.74) is 3.32. The molecular weight excluding hydrogens is 411 g/mol. The van der Waals surface area contributed by atoms with Crippen molar-refractivity contribution in [1.29, 1.82) is 0 Å². The topological polar surface area (TPSA) is 95.4 Å². The number of aliphatic carboxylic acids is 1. The molecule has 3 rings (SSSR count). The van der Waals surface area contributed by atoms with E-state index in [1.807, 2.05) is 60.7 Å². The van der Waals surface area contributed by atoms with E-state index >= 15 is 0 Å². The maximum atomic E-state index is 12.7. The van der Waals surface area contributed by atoms with Crippen molar-refractivity contribution in [1.82, 2.24) is 9.97 Å². The van der Waals surface area contributed by atoms with Gasteiger partial charge >= 0.3 is 35.5 Å². The molecule has 1 atom stereocenters. The Morgan fingerprint density at radius 2 is 1.57 bits per heavy atom. The van der Waals surface area contributed by atoms with Gasteiger partial charge in [-0.25, -0.2) is 9.78 Å². The van der Waals surface area contributed by atoms with Crippen molar-refractivity contribution in [2.45, 2.75) is 17.9 Å². The zero-order chi connectivity index (χ0) is 20.5. The fraction of sp³-hybridized carbons (Fsp3) is 0.227. The van der Waals surface area contributed by atoms with Crippen LogP contribution in [0.15, 0.2) is 71.9 Å². The van der Waals surface area contributed by atoms with Crippen molar-refractivity contribution in [3.05, 3.63) is 66.9 Å². The molecule has 0 saturated carbocycles. The Bertz CT molecular complexity index is 929. The SMILES string of the molecule is O=C(O)COCCCC[S+]([O-])c1cnc(-c2ccccc2)c(-c2ccccc2)n1.[NaH]. The van der Waals surface area contributed by atoms with Crippen LogP contribution >= 0.6 is 0 Å². The molecule has 2 aromatic carbocycles. The van der Waals surface area contributed by atoms with E-state index in [2.05, 4.69) is 9.97 Å². The van der Waals surface area contributed by atoms with Gasteiger partial charge in [0.25, 0.3) is 5.03 Å². The molecule has 1 unspecified atom stereocenters. The van der Waals surface area contributed by atoms with Crippen LogP contribution in [0.5, 0.6) is 0 Å². The van der Waals surface area contributed by atoms with Crippen molar-refractivity contribution < 1.29 is 19.2 Å². The minimum absolute atomic E-state index is 0. The van der Waals surface area contributed by atoms with Gasteiger partial charge in [0.15, 0.2) is 0 Å². The average molecular weight is 434 g/mol. The van der Waals surface area contributed by atoms with Crippen LogP contribution in [0.1, 0.15) is 12.8 Å². The van der Waals surface area contributed by atoms with Crippen LogP contribution in [0.4, 0.5) is 0 Å². The number of benzene rings is 2. The molecule has 0 amide bonds. The molecule has 0 spiro atoms. The van der Waals surface area contributed by atoms with E-state index in [-0.39, 0.29) is 36.2 Å². The van der Waals surface area contributed by atoms with E-state index in [1.54, 1.807) is 6.20 Å². The Kier molecular flexibility index (Phi) is 10.5. The number of hydrogen-bond donors (Lipinski definition) is 1. The summed E-state index contributed by atoms with van der Waals surface area (Å²) in [6, 6.07) is 19.5. The molecule has 0 radical (unpaired) electrons. The van der Waals surface area contributed by atoms with E-state index in [0.717, 1.165) is 16.8 Å². The van der Waals surface area contributed by atoms with Gasteiger partial charge in [-0.1, -0.05) is 60.7 Å². The number of hydrogen-bond acceptors (Lipinski definition) is 5. The summed E-state index contributed by atoms with van der Waals surface area (Å²) in [7, 11) is 0. The molecule has 0 saturated heterocycles. The Labute approximate surface area is 201 Å². The first-order valence-corrected chi connectivity index (χ1v) is 10.6. The van der Waals surface area contributed by atoms with Gasteiger partial charge in [-0.15, -0.1) is 0 Å². The van der Waals surface area contributed by atoms with Crippen LogP contribution in [0.2, 0.25) is 0 Å². The molecular formula is C22H23N2NaO4S. The molecule has 1 aromatic heterocycles. The number of unbranched alkanes of at least 4 members (excludes halogenated alkanes) is 1. The van der Waals surface area contributed by atoms with E-state index in [1.165, 1.54) is 0 Å². The van der Waals surface area contributed by atoms with E-state index in [0.29, 0.717) is 35.9 Å². The Hall–Kier alpha value is -1.74. The molecule has 8 heteroatoms.